The average Bonchev–Trinajstić information content (AvgIpc) is 1.71. The van der Waals surface area contributed by atoms with Gasteiger partial charge in [0.05, 0.1) is 95.0 Å². The molecule has 36 heteroatoms. The zero-order valence-corrected chi connectivity index (χ0v) is 63.3. The van der Waals surface area contributed by atoms with Crippen molar-refractivity contribution >= 4 is 90.6 Å². The van der Waals surface area contributed by atoms with E-state index >= 15 is 0 Å². The standard InChI is InChI=1S/C69H113N11O23S2/c1-48(2)58(83)24-23-55(81)16-13-32-98-34-36-100-38-39-101-37-35-99-33-25-56(82)42-52(67(89)76-64(49(3)4)59(84)43-53(15-12-27-74-69(70)91)66(88)75-54-21-19-51(20-22-54)46-103-68(90)50(5)6)14-10-11-26-71-63(87)47-102-60-18-9-7-8-17-57-65(60)77-78-80(57)31-30-79(44-61(85)72-28-40-104(92,93)94)45-62(86)73-29-41-105(95,96)97/h19-22,48-50,52-53,60,64H,7-18,23-47H2,1-6H3,(H,71,87)(H,72,85)(H,73,86)(H,75,88)(H,76,89)(H3,70,74,91)(H,92,93,94)(H,95,96,97)/t52-,53+,60?,64-/m0/s1. The maximum Gasteiger partial charge on any atom is 0.312 e. The zero-order chi connectivity index (χ0) is 77.7. The number of Topliss-reactive ketones (excluding diaryl/α,β-unsaturated/α-hetero) is 4. The third-order valence-electron chi connectivity index (χ3n) is 16.8. The number of rotatable bonds is 58. The van der Waals surface area contributed by atoms with Crippen molar-refractivity contribution in [3.05, 3.63) is 41.2 Å². The fourth-order valence-electron chi connectivity index (χ4n) is 10.8. The van der Waals surface area contributed by atoms with Crippen LogP contribution in [0.1, 0.15) is 167 Å². The molecule has 4 atom stereocenters. The Morgan fingerprint density at radius 2 is 1.19 bits per heavy atom. The molecule has 1 aliphatic rings. The molecule has 0 saturated carbocycles. The second kappa shape index (κ2) is 51.1. The van der Waals surface area contributed by atoms with Gasteiger partial charge in [0.2, 0.25) is 29.5 Å². The molecule has 1 unspecified atom stereocenters. The Kier molecular flexibility index (Phi) is 44.7. The maximum atomic E-state index is 14.4. The van der Waals surface area contributed by atoms with E-state index in [-0.39, 0.29) is 152 Å². The lowest BCUT2D eigenvalue weighted by molar-refractivity contribution is -0.148. The van der Waals surface area contributed by atoms with Crippen molar-refractivity contribution < 1.29 is 107 Å². The number of fused-ring (bicyclic) bond motifs is 1. The Labute approximate surface area is 616 Å². The van der Waals surface area contributed by atoms with Gasteiger partial charge in [0.15, 0.2) is 5.78 Å². The molecule has 34 nitrogen and oxygen atoms in total. The minimum atomic E-state index is -4.38. The van der Waals surface area contributed by atoms with Crippen molar-refractivity contribution in [2.45, 2.75) is 176 Å². The first-order valence-electron chi connectivity index (χ1n) is 36.1. The second-order valence-corrected chi connectivity index (χ2v) is 29.9. The highest BCUT2D eigenvalue weighted by Gasteiger charge is 2.33. The molecular weight excluding hydrogens is 1410 g/mol. The molecule has 0 bridgehead atoms. The van der Waals surface area contributed by atoms with E-state index in [0.717, 1.165) is 19.3 Å². The van der Waals surface area contributed by atoms with Crippen LogP contribution in [0.5, 0.6) is 0 Å². The largest absolute Gasteiger partial charge is 0.461 e. The fraction of sp³-hybridized carbons (Fsp3) is 0.725. The second-order valence-electron chi connectivity index (χ2n) is 26.8. The first-order valence-corrected chi connectivity index (χ1v) is 39.3. The predicted molar refractivity (Wildman–Crippen MR) is 384 cm³/mol. The highest BCUT2D eigenvalue weighted by atomic mass is 32.2. The molecule has 594 valence electrons. The molecule has 3 rings (SSSR count). The molecule has 0 aliphatic heterocycles. The van der Waals surface area contributed by atoms with E-state index in [1.807, 2.05) is 13.8 Å². The number of unbranched alkanes of at least 4 members (excludes halogenated alkanes) is 1. The highest BCUT2D eigenvalue weighted by molar-refractivity contribution is 7.86. The molecule has 105 heavy (non-hydrogen) atoms. The van der Waals surface area contributed by atoms with E-state index in [1.54, 1.807) is 56.6 Å². The van der Waals surface area contributed by atoms with Crippen LogP contribution in [0.25, 0.3) is 0 Å². The lowest BCUT2D eigenvalue weighted by atomic mass is 9.88. The molecule has 0 saturated heterocycles. The quantitative estimate of drug-likeness (QED) is 0.0261. The van der Waals surface area contributed by atoms with E-state index in [9.17, 15) is 69.6 Å². The Morgan fingerprint density at radius 3 is 1.78 bits per heavy atom. The van der Waals surface area contributed by atoms with Crippen LogP contribution in [0.2, 0.25) is 0 Å². The van der Waals surface area contributed by atoms with Crippen LogP contribution in [0, 0.1) is 29.6 Å². The summed E-state index contributed by atoms with van der Waals surface area (Å²) in [5.74, 6) is -8.04. The summed E-state index contributed by atoms with van der Waals surface area (Å²) < 4.78 is 98.5. The van der Waals surface area contributed by atoms with Gasteiger partial charge < -0.3 is 66.1 Å². The van der Waals surface area contributed by atoms with Crippen molar-refractivity contribution in [2.24, 2.45) is 35.3 Å². The number of primary amides is 1. The van der Waals surface area contributed by atoms with Crippen LogP contribution >= 0.6 is 0 Å². The summed E-state index contributed by atoms with van der Waals surface area (Å²) >= 11 is 0. The number of urea groups is 1. The normalized spacial score (nSPS) is 14.2. The Balaban J connectivity index is 1.65. The minimum absolute atomic E-state index is 0.0229. The third-order valence-corrected chi connectivity index (χ3v) is 18.2. The smallest absolute Gasteiger partial charge is 0.312 e. The number of nitrogens with zero attached hydrogens (tertiary/aromatic N) is 4. The van der Waals surface area contributed by atoms with Gasteiger partial charge in [-0.3, -0.25) is 62.0 Å². The van der Waals surface area contributed by atoms with Gasteiger partial charge in [0, 0.05) is 101 Å². The van der Waals surface area contributed by atoms with Gasteiger partial charge in [-0.1, -0.05) is 78.2 Å². The van der Waals surface area contributed by atoms with Gasteiger partial charge >= 0.3 is 12.0 Å². The third kappa shape index (κ3) is 42.6. The molecule has 2 aromatic rings. The summed E-state index contributed by atoms with van der Waals surface area (Å²) in [7, 11) is -8.76. The van der Waals surface area contributed by atoms with Crippen LogP contribution in [0.4, 0.5) is 10.5 Å². The first kappa shape index (κ1) is 91.9. The number of ketones is 4. The predicted octanol–water partition coefficient (Wildman–Crippen LogP) is 2.94. The molecule has 1 heterocycles. The van der Waals surface area contributed by atoms with E-state index < -0.39 is 129 Å². The Hall–Kier alpha value is -7.29. The molecule has 1 aromatic carbocycles. The van der Waals surface area contributed by atoms with Gasteiger partial charge in [-0.05, 0) is 75.0 Å². The topological polar surface area (TPSA) is 484 Å². The summed E-state index contributed by atoms with van der Waals surface area (Å²) in [6, 6.07) is 4.80. The molecule has 1 aliphatic carbocycles. The number of ether oxygens (including phenoxy) is 6. The molecule has 7 amide bonds. The van der Waals surface area contributed by atoms with Crippen LogP contribution in [0.15, 0.2) is 24.3 Å². The van der Waals surface area contributed by atoms with E-state index in [4.69, 9.17) is 43.3 Å². The lowest BCUT2D eigenvalue weighted by Crippen LogP contribution is -2.48. The van der Waals surface area contributed by atoms with Gasteiger partial charge in [-0.15, -0.1) is 5.10 Å². The highest BCUT2D eigenvalue weighted by Crippen LogP contribution is 2.30. The number of nitrogens with one attached hydrogen (secondary N) is 6. The number of aromatic nitrogens is 3. The lowest BCUT2D eigenvalue weighted by Gasteiger charge is -2.26. The molecular formula is C69H113N11O23S2. The van der Waals surface area contributed by atoms with Crippen LogP contribution < -0.4 is 37.6 Å². The van der Waals surface area contributed by atoms with Gasteiger partial charge in [-0.2, -0.15) is 16.8 Å². The van der Waals surface area contributed by atoms with Crippen molar-refractivity contribution in [1.29, 1.82) is 0 Å². The number of benzene rings is 1. The Bertz CT molecular complexity index is 3230. The molecule has 1 aromatic heterocycles. The monoisotopic (exact) mass is 1530 g/mol. The summed E-state index contributed by atoms with van der Waals surface area (Å²) in [5.41, 5.74) is 7.57. The number of anilines is 1. The van der Waals surface area contributed by atoms with Crippen LogP contribution in [-0.2, 0) is 116 Å². The van der Waals surface area contributed by atoms with Gasteiger partial charge in [-0.25, -0.2) is 9.48 Å². The molecule has 0 fully saturated rings. The number of hydrogen-bond donors (Lipinski definition) is 9. The van der Waals surface area contributed by atoms with Gasteiger partial charge in [0.25, 0.3) is 20.2 Å². The van der Waals surface area contributed by atoms with Crippen molar-refractivity contribution in [1.82, 2.24) is 46.5 Å². The van der Waals surface area contributed by atoms with Crippen molar-refractivity contribution in [3.8, 4) is 0 Å². The maximum absolute atomic E-state index is 14.4. The zero-order valence-electron chi connectivity index (χ0n) is 61.7. The average molecular weight is 1530 g/mol. The first-order chi connectivity index (χ1) is 49.8. The van der Waals surface area contributed by atoms with Crippen molar-refractivity contribution in [2.75, 3.05) is 122 Å². The van der Waals surface area contributed by atoms with E-state index in [0.29, 0.717) is 87.6 Å². The van der Waals surface area contributed by atoms with Crippen LogP contribution in [0.3, 0.4) is 0 Å². The molecule has 0 spiro atoms. The summed E-state index contributed by atoms with van der Waals surface area (Å²) in [6.45, 7) is 11.0. The van der Waals surface area contributed by atoms with Gasteiger partial charge in [0.1, 0.15) is 42.4 Å². The summed E-state index contributed by atoms with van der Waals surface area (Å²) in [5, 5.41) is 24.6. The number of carbonyl (C=O) groups is 11. The molecule has 10 N–H and O–H groups in total. The summed E-state index contributed by atoms with van der Waals surface area (Å²) in [6.07, 6.45) is 4.93. The number of carbonyl (C=O) groups excluding carboxylic acids is 11. The SMILES string of the molecule is CC(C)C(=O)CCC(=O)CCCOCCOCCOCCOCCC(=O)C[C@H](CCCCNC(=O)COC1CCCCCc2c1nnn2CCN(CC(=O)NCCS(=O)(=O)O)CC(=O)NCCS(=O)(=O)O)C(=O)N[C@H](C(=O)C[C@@H](CCCNC(N)=O)C(=O)Nc1ccc(COC(=O)C(C)C)cc1)C(C)C. The van der Waals surface area contributed by atoms with Crippen LogP contribution in [-0.4, -0.2) is 233 Å². The van der Waals surface area contributed by atoms with E-state index in [2.05, 4.69) is 42.2 Å². The number of nitrogens with two attached hydrogens (primary N) is 1. The minimum Gasteiger partial charge on any atom is -0.461 e. The number of esters is 1. The summed E-state index contributed by atoms with van der Waals surface area (Å²) in [4.78, 5) is 144. The number of amides is 7. The van der Waals surface area contributed by atoms with E-state index in [1.165, 1.54) is 4.90 Å². The van der Waals surface area contributed by atoms with Crippen molar-refractivity contribution in [3.63, 3.8) is 0 Å². The molecule has 0 radical (unpaired) electrons. The fourth-order valence-corrected chi connectivity index (χ4v) is 11.5. The Morgan fingerprint density at radius 1 is 0.610 bits per heavy atom. The number of hydrogen-bond acceptors (Lipinski definition) is 24.